The second-order valence-electron chi connectivity index (χ2n) is 5.41. The summed E-state index contributed by atoms with van der Waals surface area (Å²) in [5.41, 5.74) is 5.86. The molecule has 0 aromatic rings. The maximum atomic E-state index is 12.6. The zero-order chi connectivity index (χ0) is 14.0. The third kappa shape index (κ3) is 3.05. The lowest BCUT2D eigenvalue weighted by atomic mass is 9.85. The minimum absolute atomic E-state index is 0.0178. The molecule has 3 N–H and O–H groups in total. The number of carboxylic acids is 1. The first kappa shape index (κ1) is 14.7. The molecule has 1 aliphatic carbocycles. The summed E-state index contributed by atoms with van der Waals surface area (Å²) >= 11 is 1.58. The summed E-state index contributed by atoms with van der Waals surface area (Å²) < 4.78 is 0. The van der Waals surface area contributed by atoms with Crippen molar-refractivity contribution in [3.8, 4) is 0 Å². The first-order valence-corrected chi connectivity index (χ1v) is 8.01. The summed E-state index contributed by atoms with van der Waals surface area (Å²) in [6.45, 7) is 2.00. The number of hydrogen-bond acceptors (Lipinski definition) is 4. The Balaban J connectivity index is 2.08. The van der Waals surface area contributed by atoms with Crippen molar-refractivity contribution >= 4 is 23.6 Å². The number of nitrogens with zero attached hydrogens (tertiary/aromatic N) is 1. The van der Waals surface area contributed by atoms with E-state index in [2.05, 4.69) is 0 Å². The molecule has 2 aliphatic rings. The number of aliphatic carboxylic acids is 1. The van der Waals surface area contributed by atoms with Crippen molar-refractivity contribution in [1.29, 1.82) is 0 Å². The quantitative estimate of drug-likeness (QED) is 0.816. The van der Waals surface area contributed by atoms with Gasteiger partial charge in [0.2, 0.25) is 5.91 Å². The first-order chi connectivity index (χ1) is 9.04. The van der Waals surface area contributed by atoms with Crippen LogP contribution in [0.25, 0.3) is 0 Å². The average molecular weight is 286 g/mol. The lowest BCUT2D eigenvalue weighted by Crippen LogP contribution is -2.49. The number of hydrogen-bond donors (Lipinski definition) is 2. The Morgan fingerprint density at radius 3 is 2.47 bits per heavy atom. The smallest absolute Gasteiger partial charge is 0.327 e. The zero-order valence-electron chi connectivity index (χ0n) is 11.2. The fourth-order valence-corrected chi connectivity index (χ4v) is 4.30. The SMILES string of the molecule is CCC1SCC(C(=O)O)N1C(=O)C1CCC(N)CC1. The molecule has 1 saturated carbocycles. The lowest BCUT2D eigenvalue weighted by Gasteiger charge is -2.33. The second-order valence-corrected chi connectivity index (χ2v) is 6.62. The Labute approximate surface area is 117 Å². The van der Waals surface area contributed by atoms with E-state index in [0.717, 1.165) is 32.1 Å². The van der Waals surface area contributed by atoms with Crippen molar-refractivity contribution in [2.24, 2.45) is 11.7 Å². The van der Waals surface area contributed by atoms with E-state index in [4.69, 9.17) is 5.73 Å². The number of carbonyl (C=O) groups is 2. The van der Waals surface area contributed by atoms with Gasteiger partial charge in [-0.15, -0.1) is 11.8 Å². The fourth-order valence-electron chi connectivity index (χ4n) is 2.94. The van der Waals surface area contributed by atoms with Gasteiger partial charge in [-0.3, -0.25) is 4.79 Å². The number of carboxylic acid groups (broad SMARTS) is 1. The van der Waals surface area contributed by atoms with Crippen LogP contribution in [0.4, 0.5) is 0 Å². The average Bonchev–Trinajstić information content (AvgIpc) is 2.82. The molecule has 2 rings (SSSR count). The van der Waals surface area contributed by atoms with Crippen LogP contribution in [0.1, 0.15) is 39.0 Å². The topological polar surface area (TPSA) is 83.6 Å². The summed E-state index contributed by atoms with van der Waals surface area (Å²) in [4.78, 5) is 25.5. The lowest BCUT2D eigenvalue weighted by molar-refractivity contribution is -0.151. The van der Waals surface area contributed by atoms with Crippen molar-refractivity contribution < 1.29 is 14.7 Å². The molecule has 0 bridgehead atoms. The maximum absolute atomic E-state index is 12.6. The molecule has 0 radical (unpaired) electrons. The number of nitrogens with two attached hydrogens (primary N) is 1. The van der Waals surface area contributed by atoms with E-state index in [1.807, 2.05) is 6.92 Å². The van der Waals surface area contributed by atoms with E-state index in [-0.39, 0.29) is 23.2 Å². The second kappa shape index (κ2) is 6.13. The van der Waals surface area contributed by atoms with Crippen LogP contribution in [-0.4, -0.2) is 45.1 Å². The molecule has 1 saturated heterocycles. The van der Waals surface area contributed by atoms with Gasteiger partial charge >= 0.3 is 5.97 Å². The van der Waals surface area contributed by atoms with Gasteiger partial charge in [-0.2, -0.15) is 0 Å². The van der Waals surface area contributed by atoms with E-state index in [1.165, 1.54) is 0 Å². The van der Waals surface area contributed by atoms with Crippen LogP contribution in [0.2, 0.25) is 0 Å². The molecule has 6 heteroatoms. The van der Waals surface area contributed by atoms with Gasteiger partial charge in [0.1, 0.15) is 6.04 Å². The molecular formula is C13H22N2O3S. The van der Waals surface area contributed by atoms with E-state index in [0.29, 0.717) is 5.75 Å². The fraction of sp³-hybridized carbons (Fsp3) is 0.846. The summed E-state index contributed by atoms with van der Waals surface area (Å²) in [6.07, 6.45) is 4.12. The molecule has 0 aromatic heterocycles. The predicted octanol–water partition coefficient (Wildman–Crippen LogP) is 1.27. The summed E-state index contributed by atoms with van der Waals surface area (Å²) in [5, 5.41) is 9.28. The number of rotatable bonds is 3. The molecule has 19 heavy (non-hydrogen) atoms. The Morgan fingerprint density at radius 2 is 1.95 bits per heavy atom. The third-order valence-electron chi connectivity index (χ3n) is 4.10. The van der Waals surface area contributed by atoms with Gasteiger partial charge in [0.05, 0.1) is 5.37 Å². The third-order valence-corrected chi connectivity index (χ3v) is 5.56. The summed E-state index contributed by atoms with van der Waals surface area (Å²) in [6, 6.07) is -0.452. The highest BCUT2D eigenvalue weighted by Crippen LogP contribution is 2.35. The molecule has 108 valence electrons. The minimum atomic E-state index is -0.885. The van der Waals surface area contributed by atoms with Crippen LogP contribution in [0.3, 0.4) is 0 Å². The molecule has 5 nitrogen and oxygen atoms in total. The molecule has 1 amide bonds. The van der Waals surface area contributed by atoms with Gasteiger partial charge < -0.3 is 15.7 Å². The van der Waals surface area contributed by atoms with E-state index in [1.54, 1.807) is 16.7 Å². The van der Waals surface area contributed by atoms with Crippen LogP contribution >= 0.6 is 11.8 Å². The van der Waals surface area contributed by atoms with Crippen LogP contribution in [-0.2, 0) is 9.59 Å². The van der Waals surface area contributed by atoms with Gasteiger partial charge in [0.15, 0.2) is 0 Å². The number of amides is 1. The largest absolute Gasteiger partial charge is 0.480 e. The van der Waals surface area contributed by atoms with Gasteiger partial charge in [0.25, 0.3) is 0 Å². The van der Waals surface area contributed by atoms with Crippen molar-refractivity contribution in [3.63, 3.8) is 0 Å². The maximum Gasteiger partial charge on any atom is 0.327 e. The van der Waals surface area contributed by atoms with Gasteiger partial charge in [0, 0.05) is 17.7 Å². The molecular weight excluding hydrogens is 264 g/mol. The van der Waals surface area contributed by atoms with E-state index in [9.17, 15) is 14.7 Å². The van der Waals surface area contributed by atoms with E-state index < -0.39 is 12.0 Å². The first-order valence-electron chi connectivity index (χ1n) is 6.96. The predicted molar refractivity (Wildman–Crippen MR) is 74.7 cm³/mol. The normalized spacial score (nSPS) is 35.4. The Hall–Kier alpha value is -0.750. The highest BCUT2D eigenvalue weighted by atomic mass is 32.2. The van der Waals surface area contributed by atoms with Crippen LogP contribution in [0.5, 0.6) is 0 Å². The van der Waals surface area contributed by atoms with Gasteiger partial charge in [-0.25, -0.2) is 4.79 Å². The zero-order valence-corrected chi connectivity index (χ0v) is 12.1. The summed E-state index contributed by atoms with van der Waals surface area (Å²) in [5.74, 6) is -0.388. The standard InChI is InChI=1S/C13H22N2O3S/c1-2-11-15(10(7-19-11)13(17)18)12(16)8-3-5-9(14)6-4-8/h8-11H,2-7,14H2,1H3,(H,17,18). The number of thioether (sulfide) groups is 1. The molecule has 2 unspecified atom stereocenters. The van der Waals surface area contributed by atoms with Crippen molar-refractivity contribution in [3.05, 3.63) is 0 Å². The monoisotopic (exact) mass is 286 g/mol. The molecule has 0 spiro atoms. The van der Waals surface area contributed by atoms with E-state index >= 15 is 0 Å². The highest BCUT2D eigenvalue weighted by molar-refractivity contribution is 8.00. The Kier molecular flexibility index (Phi) is 4.73. The van der Waals surface area contributed by atoms with Crippen molar-refractivity contribution in [2.75, 3.05) is 5.75 Å². The Morgan fingerprint density at radius 1 is 1.32 bits per heavy atom. The number of carbonyl (C=O) groups excluding carboxylic acids is 1. The van der Waals surface area contributed by atoms with Crippen LogP contribution in [0, 0.1) is 5.92 Å². The van der Waals surface area contributed by atoms with Gasteiger partial charge in [-0.1, -0.05) is 6.92 Å². The molecule has 0 aromatic carbocycles. The molecule has 1 aliphatic heterocycles. The molecule has 2 atom stereocenters. The van der Waals surface area contributed by atoms with Crippen molar-refractivity contribution in [2.45, 2.75) is 56.5 Å². The molecule has 2 fully saturated rings. The van der Waals surface area contributed by atoms with Crippen molar-refractivity contribution in [1.82, 2.24) is 4.90 Å². The minimum Gasteiger partial charge on any atom is -0.480 e. The molecule has 1 heterocycles. The highest BCUT2D eigenvalue weighted by Gasteiger charge is 2.43. The Bertz CT molecular complexity index is 356. The van der Waals surface area contributed by atoms with Crippen LogP contribution in [0.15, 0.2) is 0 Å². The van der Waals surface area contributed by atoms with Gasteiger partial charge in [-0.05, 0) is 32.1 Å². The van der Waals surface area contributed by atoms with Crippen LogP contribution < -0.4 is 5.73 Å². The summed E-state index contributed by atoms with van der Waals surface area (Å²) in [7, 11) is 0.